The molecule has 0 aromatic heterocycles. The number of aliphatic hydroxyl groups excluding tert-OH is 1. The summed E-state index contributed by atoms with van der Waals surface area (Å²) >= 11 is 0. The first kappa shape index (κ1) is 15.2. The van der Waals surface area contributed by atoms with Gasteiger partial charge in [-0.1, -0.05) is 18.0 Å². The number of unbranched alkanes of at least 4 members (excludes halogenated alkanes) is 1. The maximum Gasteiger partial charge on any atom is 0.139 e. The van der Waals surface area contributed by atoms with E-state index in [2.05, 4.69) is 10.5 Å². The van der Waals surface area contributed by atoms with E-state index < -0.39 is 0 Å². The van der Waals surface area contributed by atoms with Gasteiger partial charge in [-0.15, -0.1) is 0 Å². The molecule has 1 aliphatic rings. The Bertz CT molecular complexity index is 246. The summed E-state index contributed by atoms with van der Waals surface area (Å²) in [6.45, 7) is 2.30. The molecule has 2 unspecified atom stereocenters. The highest BCUT2D eigenvalue weighted by atomic mass is 16.4. The van der Waals surface area contributed by atoms with Crippen molar-refractivity contribution in [1.82, 2.24) is 5.32 Å². The van der Waals surface area contributed by atoms with Crippen molar-refractivity contribution >= 4 is 5.84 Å². The predicted octanol–water partition coefficient (Wildman–Crippen LogP) is 1.29. The number of rotatable bonds is 8. The fourth-order valence-corrected chi connectivity index (χ4v) is 2.69. The normalized spacial score (nSPS) is 25.3. The SMILES string of the molecule is NC(CCCCNCC1CCCCC1CO)=NO. The van der Waals surface area contributed by atoms with Gasteiger partial charge >= 0.3 is 0 Å². The number of nitrogens with zero attached hydrogens (tertiary/aromatic N) is 1. The zero-order valence-electron chi connectivity index (χ0n) is 11.1. The quantitative estimate of drug-likeness (QED) is 0.173. The minimum absolute atomic E-state index is 0.308. The molecule has 18 heavy (non-hydrogen) atoms. The first-order valence-corrected chi connectivity index (χ1v) is 7.06. The first-order valence-electron chi connectivity index (χ1n) is 7.06. The summed E-state index contributed by atoms with van der Waals surface area (Å²) in [6.07, 6.45) is 7.60. The molecule has 1 rings (SSSR count). The maximum absolute atomic E-state index is 9.31. The summed E-state index contributed by atoms with van der Waals surface area (Å²) in [7, 11) is 0. The molecule has 5 nitrogen and oxygen atoms in total. The first-order chi connectivity index (χ1) is 8.77. The van der Waals surface area contributed by atoms with Crippen LogP contribution in [0.1, 0.15) is 44.9 Å². The molecule has 0 aromatic rings. The van der Waals surface area contributed by atoms with Gasteiger partial charge in [0.05, 0.1) is 0 Å². The molecule has 0 saturated heterocycles. The van der Waals surface area contributed by atoms with Crippen molar-refractivity contribution in [3.8, 4) is 0 Å². The van der Waals surface area contributed by atoms with E-state index in [0.717, 1.165) is 25.9 Å². The second kappa shape index (κ2) is 9.16. The Morgan fingerprint density at radius 3 is 2.61 bits per heavy atom. The third kappa shape index (κ3) is 5.69. The number of hydrogen-bond acceptors (Lipinski definition) is 4. The highest BCUT2D eigenvalue weighted by Crippen LogP contribution is 2.28. The minimum Gasteiger partial charge on any atom is -0.409 e. The molecule has 1 fully saturated rings. The van der Waals surface area contributed by atoms with Crippen molar-refractivity contribution in [3.63, 3.8) is 0 Å². The molecule has 5 heteroatoms. The molecular formula is C13H27N3O2. The van der Waals surface area contributed by atoms with Crippen molar-refractivity contribution in [1.29, 1.82) is 0 Å². The smallest absolute Gasteiger partial charge is 0.139 e. The average Bonchev–Trinajstić information content (AvgIpc) is 2.42. The van der Waals surface area contributed by atoms with Crippen LogP contribution in [0.5, 0.6) is 0 Å². The summed E-state index contributed by atoms with van der Waals surface area (Å²) in [4.78, 5) is 0. The van der Waals surface area contributed by atoms with Gasteiger partial charge in [-0.2, -0.15) is 0 Å². The maximum atomic E-state index is 9.31. The Labute approximate surface area is 109 Å². The van der Waals surface area contributed by atoms with E-state index in [-0.39, 0.29) is 0 Å². The summed E-state index contributed by atoms with van der Waals surface area (Å²) in [5.41, 5.74) is 5.39. The molecule has 0 radical (unpaired) electrons. The van der Waals surface area contributed by atoms with Gasteiger partial charge < -0.3 is 21.4 Å². The molecule has 0 amide bonds. The number of oxime groups is 1. The molecule has 106 valence electrons. The standard InChI is InChI=1S/C13H27N3O2/c14-13(16-18)7-3-4-8-15-9-11-5-1-2-6-12(11)10-17/h11-12,15,17-18H,1-10H2,(H2,14,16). The lowest BCUT2D eigenvalue weighted by atomic mass is 9.79. The number of aliphatic hydroxyl groups is 1. The molecule has 5 N–H and O–H groups in total. The molecule has 0 spiro atoms. The number of amidine groups is 1. The third-order valence-electron chi connectivity index (χ3n) is 3.87. The Balaban J connectivity index is 2.02. The lowest BCUT2D eigenvalue weighted by molar-refractivity contribution is 0.133. The summed E-state index contributed by atoms with van der Waals surface area (Å²) < 4.78 is 0. The fraction of sp³-hybridized carbons (Fsp3) is 0.923. The van der Waals surface area contributed by atoms with Crippen molar-refractivity contribution in [2.45, 2.75) is 44.9 Å². The van der Waals surface area contributed by atoms with E-state index in [0.29, 0.717) is 30.7 Å². The molecule has 0 heterocycles. The van der Waals surface area contributed by atoms with Gasteiger partial charge in [-0.3, -0.25) is 0 Å². The van der Waals surface area contributed by atoms with Crippen LogP contribution >= 0.6 is 0 Å². The summed E-state index contributed by atoms with van der Waals surface area (Å²) in [6, 6.07) is 0. The van der Waals surface area contributed by atoms with Crippen LogP contribution in [-0.4, -0.2) is 35.8 Å². The zero-order chi connectivity index (χ0) is 13.2. The monoisotopic (exact) mass is 257 g/mol. The largest absolute Gasteiger partial charge is 0.409 e. The topological polar surface area (TPSA) is 90.9 Å². The van der Waals surface area contributed by atoms with Crippen LogP contribution in [0.4, 0.5) is 0 Å². The van der Waals surface area contributed by atoms with Gasteiger partial charge in [0, 0.05) is 13.0 Å². The lowest BCUT2D eigenvalue weighted by Crippen LogP contribution is -2.32. The molecule has 1 saturated carbocycles. The summed E-state index contributed by atoms with van der Waals surface area (Å²) in [5, 5.41) is 24.1. The van der Waals surface area contributed by atoms with Crippen molar-refractivity contribution in [2.24, 2.45) is 22.7 Å². The average molecular weight is 257 g/mol. The second-order valence-electron chi connectivity index (χ2n) is 5.24. The highest BCUT2D eigenvalue weighted by Gasteiger charge is 2.23. The predicted molar refractivity (Wildman–Crippen MR) is 72.7 cm³/mol. The van der Waals surface area contributed by atoms with Crippen molar-refractivity contribution in [3.05, 3.63) is 0 Å². The molecule has 0 aliphatic heterocycles. The van der Waals surface area contributed by atoms with E-state index in [1.54, 1.807) is 0 Å². The number of hydrogen-bond donors (Lipinski definition) is 4. The van der Waals surface area contributed by atoms with E-state index in [4.69, 9.17) is 10.9 Å². The van der Waals surface area contributed by atoms with Crippen molar-refractivity contribution < 1.29 is 10.3 Å². The number of nitrogens with two attached hydrogens (primary N) is 1. The Morgan fingerprint density at radius 2 is 1.94 bits per heavy atom. The van der Waals surface area contributed by atoms with Gasteiger partial charge in [-0.05, 0) is 50.6 Å². The molecule has 2 atom stereocenters. The lowest BCUT2D eigenvalue weighted by Gasteiger charge is -2.30. The molecular weight excluding hydrogens is 230 g/mol. The Morgan fingerprint density at radius 1 is 1.22 bits per heavy atom. The van der Waals surface area contributed by atoms with E-state index in [1.165, 1.54) is 25.7 Å². The Kier molecular flexibility index (Phi) is 7.76. The van der Waals surface area contributed by atoms with Crippen LogP contribution in [-0.2, 0) is 0 Å². The van der Waals surface area contributed by atoms with Gasteiger partial charge in [0.1, 0.15) is 5.84 Å². The summed E-state index contributed by atoms with van der Waals surface area (Å²) in [5.74, 6) is 1.43. The van der Waals surface area contributed by atoms with Crippen LogP contribution in [0, 0.1) is 11.8 Å². The molecule has 0 bridgehead atoms. The van der Waals surface area contributed by atoms with Crippen LogP contribution in [0.25, 0.3) is 0 Å². The van der Waals surface area contributed by atoms with Crippen LogP contribution in [0.2, 0.25) is 0 Å². The highest BCUT2D eigenvalue weighted by molar-refractivity contribution is 5.79. The molecule has 0 aromatic carbocycles. The zero-order valence-corrected chi connectivity index (χ0v) is 11.1. The van der Waals surface area contributed by atoms with Gasteiger partial charge in [0.2, 0.25) is 0 Å². The van der Waals surface area contributed by atoms with Crippen LogP contribution < -0.4 is 11.1 Å². The van der Waals surface area contributed by atoms with E-state index in [9.17, 15) is 5.11 Å². The number of nitrogens with one attached hydrogen (secondary N) is 1. The van der Waals surface area contributed by atoms with Crippen LogP contribution in [0.3, 0.4) is 0 Å². The van der Waals surface area contributed by atoms with Gasteiger partial charge in [0.25, 0.3) is 0 Å². The van der Waals surface area contributed by atoms with Gasteiger partial charge in [0.15, 0.2) is 0 Å². The van der Waals surface area contributed by atoms with Crippen LogP contribution in [0.15, 0.2) is 5.16 Å². The third-order valence-corrected chi connectivity index (χ3v) is 3.87. The minimum atomic E-state index is 0.308. The second-order valence-corrected chi connectivity index (χ2v) is 5.24. The van der Waals surface area contributed by atoms with Gasteiger partial charge in [-0.25, -0.2) is 0 Å². The molecule has 1 aliphatic carbocycles. The Hall–Kier alpha value is -0.810. The fourth-order valence-electron chi connectivity index (χ4n) is 2.69. The van der Waals surface area contributed by atoms with Crippen molar-refractivity contribution in [2.75, 3.05) is 19.7 Å². The van der Waals surface area contributed by atoms with E-state index in [1.807, 2.05) is 0 Å². The van der Waals surface area contributed by atoms with E-state index >= 15 is 0 Å².